The maximum absolute atomic E-state index is 10.4. The van der Waals surface area contributed by atoms with Crippen molar-refractivity contribution >= 4 is 17.7 Å². The smallest absolute Gasteiger partial charge is 0.360 e. The lowest BCUT2D eigenvalue weighted by molar-refractivity contribution is 0.0691. The number of carboxylic acids is 1. The highest BCUT2D eigenvalue weighted by atomic mass is 16.4. The van der Waals surface area contributed by atoms with Crippen LogP contribution in [0.3, 0.4) is 0 Å². The quantitative estimate of drug-likeness (QED) is 0.311. The number of guanidine groups is 1. The largest absolute Gasteiger partial charge is 0.476 e. The van der Waals surface area contributed by atoms with Gasteiger partial charge in [0, 0.05) is 0 Å². The van der Waals surface area contributed by atoms with Gasteiger partial charge in [-0.05, 0) is 0 Å². The molecule has 1 aromatic rings. The molecule has 12 heavy (non-hydrogen) atoms. The SMILES string of the molecule is NC(N)=Nc1n[nH]nc1C(=O)O. The van der Waals surface area contributed by atoms with Gasteiger partial charge in [0.05, 0.1) is 0 Å². The van der Waals surface area contributed by atoms with Crippen molar-refractivity contribution in [1.29, 1.82) is 0 Å². The van der Waals surface area contributed by atoms with Crippen LogP contribution in [0.25, 0.3) is 0 Å². The van der Waals surface area contributed by atoms with Crippen LogP contribution in [-0.2, 0) is 0 Å². The predicted molar refractivity (Wildman–Crippen MR) is 38.8 cm³/mol. The molecule has 0 saturated heterocycles. The number of aromatic amines is 1. The number of aliphatic imine (C=N–C) groups is 1. The van der Waals surface area contributed by atoms with Gasteiger partial charge in [-0.15, -0.1) is 10.2 Å². The highest BCUT2D eigenvalue weighted by molar-refractivity contribution is 5.91. The number of rotatable bonds is 2. The molecule has 1 aromatic heterocycles. The first-order valence-corrected chi connectivity index (χ1v) is 2.85. The Morgan fingerprint density at radius 3 is 2.67 bits per heavy atom. The van der Waals surface area contributed by atoms with E-state index in [0.29, 0.717) is 0 Å². The third kappa shape index (κ3) is 1.48. The zero-order chi connectivity index (χ0) is 9.14. The third-order valence-corrected chi connectivity index (χ3v) is 0.967. The number of hydrogen-bond acceptors (Lipinski definition) is 4. The second-order valence-electron chi connectivity index (χ2n) is 1.84. The van der Waals surface area contributed by atoms with E-state index in [1.54, 1.807) is 0 Å². The topological polar surface area (TPSA) is 143 Å². The summed E-state index contributed by atoms with van der Waals surface area (Å²) in [4.78, 5) is 13.8. The van der Waals surface area contributed by atoms with Crippen LogP contribution in [0.1, 0.15) is 10.5 Å². The molecule has 0 aliphatic heterocycles. The van der Waals surface area contributed by atoms with E-state index in [0.717, 1.165) is 0 Å². The van der Waals surface area contributed by atoms with Gasteiger partial charge in [0.15, 0.2) is 5.96 Å². The Morgan fingerprint density at radius 2 is 2.17 bits per heavy atom. The lowest BCUT2D eigenvalue weighted by atomic mass is 10.4. The van der Waals surface area contributed by atoms with Crippen molar-refractivity contribution in [2.75, 3.05) is 0 Å². The number of carbonyl (C=O) groups is 1. The first-order valence-electron chi connectivity index (χ1n) is 2.85. The van der Waals surface area contributed by atoms with Crippen molar-refractivity contribution in [3.8, 4) is 0 Å². The Bertz CT molecular complexity index is 324. The normalized spacial score (nSPS) is 9.33. The molecule has 64 valence electrons. The van der Waals surface area contributed by atoms with Crippen molar-refractivity contribution in [1.82, 2.24) is 15.4 Å². The molecule has 0 radical (unpaired) electrons. The molecule has 0 aromatic carbocycles. The molecule has 8 nitrogen and oxygen atoms in total. The van der Waals surface area contributed by atoms with Gasteiger partial charge in [0.25, 0.3) is 0 Å². The summed E-state index contributed by atoms with van der Waals surface area (Å²) in [6.45, 7) is 0. The molecule has 0 aliphatic rings. The fourth-order valence-electron chi connectivity index (χ4n) is 0.569. The van der Waals surface area contributed by atoms with Crippen molar-refractivity contribution in [3.05, 3.63) is 5.69 Å². The average molecular weight is 170 g/mol. The second-order valence-corrected chi connectivity index (χ2v) is 1.84. The van der Waals surface area contributed by atoms with E-state index in [9.17, 15) is 4.79 Å². The number of aromatic carboxylic acids is 1. The number of H-pyrrole nitrogens is 1. The van der Waals surface area contributed by atoms with E-state index in [4.69, 9.17) is 16.6 Å². The zero-order valence-electron chi connectivity index (χ0n) is 5.85. The summed E-state index contributed by atoms with van der Waals surface area (Å²) in [5.41, 5.74) is 9.70. The summed E-state index contributed by atoms with van der Waals surface area (Å²) in [5.74, 6) is -1.65. The van der Waals surface area contributed by atoms with Crippen LogP contribution in [0, 0.1) is 0 Å². The Balaban J connectivity index is 3.08. The van der Waals surface area contributed by atoms with E-state index in [2.05, 4.69) is 20.4 Å². The maximum atomic E-state index is 10.4. The van der Waals surface area contributed by atoms with Gasteiger partial charge in [-0.25, -0.2) is 4.79 Å². The summed E-state index contributed by atoms with van der Waals surface area (Å²) in [6.07, 6.45) is 0. The molecule has 0 spiro atoms. The van der Waals surface area contributed by atoms with Gasteiger partial charge in [-0.1, -0.05) is 0 Å². The molecule has 0 fully saturated rings. The Morgan fingerprint density at radius 1 is 1.50 bits per heavy atom. The first kappa shape index (κ1) is 7.98. The van der Waals surface area contributed by atoms with Crippen LogP contribution in [0.15, 0.2) is 4.99 Å². The Kier molecular flexibility index (Phi) is 1.90. The van der Waals surface area contributed by atoms with Gasteiger partial charge < -0.3 is 16.6 Å². The molecular weight excluding hydrogens is 164 g/mol. The number of aromatic nitrogens is 3. The Hall–Kier alpha value is -2.12. The fraction of sp³-hybridized carbons (Fsp3) is 0. The van der Waals surface area contributed by atoms with Crippen LogP contribution >= 0.6 is 0 Å². The summed E-state index contributed by atoms with van der Waals surface area (Å²) in [7, 11) is 0. The van der Waals surface area contributed by atoms with Gasteiger partial charge >= 0.3 is 5.97 Å². The molecule has 1 heterocycles. The van der Waals surface area contributed by atoms with E-state index in [-0.39, 0.29) is 17.5 Å². The van der Waals surface area contributed by atoms with Crippen LogP contribution in [-0.4, -0.2) is 32.4 Å². The molecule has 1 rings (SSSR count). The van der Waals surface area contributed by atoms with Crippen molar-refractivity contribution < 1.29 is 9.90 Å². The molecule has 8 heteroatoms. The van der Waals surface area contributed by atoms with Crippen LogP contribution < -0.4 is 11.5 Å². The number of hydrogen-bond donors (Lipinski definition) is 4. The minimum Gasteiger partial charge on any atom is -0.476 e. The van der Waals surface area contributed by atoms with Gasteiger partial charge in [0.2, 0.25) is 11.5 Å². The van der Waals surface area contributed by atoms with Gasteiger partial charge in [-0.3, -0.25) is 0 Å². The zero-order valence-corrected chi connectivity index (χ0v) is 5.85. The highest BCUT2D eigenvalue weighted by Crippen LogP contribution is 2.10. The van der Waals surface area contributed by atoms with E-state index in [1.165, 1.54) is 0 Å². The summed E-state index contributed by atoms with van der Waals surface area (Å²) >= 11 is 0. The van der Waals surface area contributed by atoms with Crippen molar-refractivity contribution in [2.45, 2.75) is 0 Å². The second kappa shape index (κ2) is 2.86. The van der Waals surface area contributed by atoms with Crippen LogP contribution in [0.5, 0.6) is 0 Å². The highest BCUT2D eigenvalue weighted by Gasteiger charge is 2.13. The molecule has 6 N–H and O–H groups in total. The van der Waals surface area contributed by atoms with Gasteiger partial charge in [0.1, 0.15) is 0 Å². The lowest BCUT2D eigenvalue weighted by Crippen LogP contribution is -2.22. The lowest BCUT2D eigenvalue weighted by Gasteiger charge is -1.88. The molecule has 0 aliphatic carbocycles. The summed E-state index contributed by atoms with van der Waals surface area (Å²) in [5, 5.41) is 17.3. The molecule has 0 amide bonds. The summed E-state index contributed by atoms with van der Waals surface area (Å²) < 4.78 is 0. The van der Waals surface area contributed by atoms with E-state index >= 15 is 0 Å². The fourth-order valence-corrected chi connectivity index (χ4v) is 0.569. The molecule has 0 saturated carbocycles. The summed E-state index contributed by atoms with van der Waals surface area (Å²) in [6, 6.07) is 0. The van der Waals surface area contributed by atoms with E-state index in [1.807, 2.05) is 0 Å². The standard InChI is InChI=1S/C4H6N6O2/c5-4(6)7-2-1(3(11)12)8-10-9-2/h(H,11,12)(H5,5,6,7,8,9,10). The van der Waals surface area contributed by atoms with Crippen molar-refractivity contribution in [2.24, 2.45) is 16.5 Å². The predicted octanol–water partition coefficient (Wildman–Crippen LogP) is -1.59. The van der Waals surface area contributed by atoms with Crippen LogP contribution in [0.4, 0.5) is 5.82 Å². The number of nitrogens with zero attached hydrogens (tertiary/aromatic N) is 3. The molecule has 0 atom stereocenters. The number of nitrogens with one attached hydrogen (secondary N) is 1. The monoisotopic (exact) mass is 170 g/mol. The van der Waals surface area contributed by atoms with Crippen molar-refractivity contribution in [3.63, 3.8) is 0 Å². The molecular formula is C4H6N6O2. The molecule has 0 unspecified atom stereocenters. The number of nitrogens with two attached hydrogens (primary N) is 2. The van der Waals surface area contributed by atoms with Crippen LogP contribution in [0.2, 0.25) is 0 Å². The average Bonchev–Trinajstić information content (AvgIpc) is 2.33. The third-order valence-electron chi connectivity index (χ3n) is 0.967. The number of carboxylic acid groups (broad SMARTS) is 1. The molecule has 0 bridgehead atoms. The first-order chi connectivity index (χ1) is 5.61. The van der Waals surface area contributed by atoms with E-state index < -0.39 is 5.97 Å². The Labute approximate surface area is 66.3 Å². The van der Waals surface area contributed by atoms with Gasteiger partial charge in [-0.2, -0.15) is 10.2 Å². The minimum atomic E-state index is -1.25. The minimum absolute atomic E-state index is 0.137. The maximum Gasteiger partial charge on any atom is 0.360 e.